The number of ketones is 1. The number of carbonyl (C=O) groups is 1. The lowest BCUT2D eigenvalue weighted by Gasteiger charge is -2.05. The maximum absolute atomic E-state index is 12.6. The molecule has 5 heteroatoms. The van der Waals surface area contributed by atoms with Crippen LogP contribution < -0.4 is 4.74 Å². The van der Waals surface area contributed by atoms with Crippen LogP contribution in [0.4, 0.5) is 4.39 Å². The van der Waals surface area contributed by atoms with Crippen LogP contribution in [-0.4, -0.2) is 24.0 Å². The number of aromatic nitrogens is 1. The number of halogens is 2. The molecule has 1 aromatic carbocycles. The number of pyridine rings is 1. The summed E-state index contributed by atoms with van der Waals surface area (Å²) in [4.78, 5) is 15.3. The molecule has 0 bridgehead atoms. The number of hydrogen-bond acceptors (Lipinski definition) is 3. The first-order valence-corrected chi connectivity index (χ1v) is 13.2. The molecule has 198 valence electrons. The van der Waals surface area contributed by atoms with Gasteiger partial charge in [-0.2, -0.15) is 0 Å². The predicted molar refractivity (Wildman–Crippen MR) is 152 cm³/mol. The van der Waals surface area contributed by atoms with E-state index in [1.807, 2.05) is 65.0 Å². The van der Waals surface area contributed by atoms with Gasteiger partial charge in [-0.15, -0.1) is 0 Å². The van der Waals surface area contributed by atoms with Crippen molar-refractivity contribution < 1.29 is 13.9 Å². The quantitative estimate of drug-likeness (QED) is 0.317. The van der Waals surface area contributed by atoms with E-state index < -0.39 is 6.17 Å². The van der Waals surface area contributed by atoms with Crippen molar-refractivity contribution in [2.75, 3.05) is 7.11 Å². The number of rotatable bonds is 9. The highest BCUT2D eigenvalue weighted by Crippen LogP contribution is 2.23. The zero-order valence-electron chi connectivity index (χ0n) is 23.4. The van der Waals surface area contributed by atoms with E-state index in [1.54, 1.807) is 19.4 Å². The molecule has 0 N–H and O–H groups in total. The molecule has 3 nitrogen and oxygen atoms in total. The number of benzene rings is 1. The summed E-state index contributed by atoms with van der Waals surface area (Å²) in [5, 5.41) is 0.658. The van der Waals surface area contributed by atoms with Crippen LogP contribution in [0.5, 0.6) is 5.75 Å². The van der Waals surface area contributed by atoms with Gasteiger partial charge in [-0.25, -0.2) is 4.39 Å². The normalized spacial score (nSPS) is 11.0. The minimum Gasteiger partial charge on any atom is -0.497 e. The van der Waals surface area contributed by atoms with Crippen molar-refractivity contribution >= 4 is 22.4 Å². The van der Waals surface area contributed by atoms with Gasteiger partial charge in [0.2, 0.25) is 0 Å². The van der Waals surface area contributed by atoms with Crippen LogP contribution in [0.15, 0.2) is 42.6 Å². The molecule has 0 saturated carbocycles. The summed E-state index contributed by atoms with van der Waals surface area (Å²) >= 11 is 6.10. The molecular weight excluding hydrogens is 461 g/mol. The highest BCUT2D eigenvalue weighted by molar-refractivity contribution is 6.48. The molecule has 2 rings (SSSR count). The fourth-order valence-electron chi connectivity index (χ4n) is 2.81. The Kier molecular flexibility index (Phi) is 22.3. The van der Waals surface area contributed by atoms with E-state index in [0.29, 0.717) is 10.6 Å². The third-order valence-corrected chi connectivity index (χ3v) is 5.22. The molecule has 0 saturated heterocycles. The predicted octanol–water partition coefficient (Wildman–Crippen LogP) is 9.93. The van der Waals surface area contributed by atoms with E-state index in [1.165, 1.54) is 12.5 Å². The average molecular weight is 508 g/mol. The van der Waals surface area contributed by atoms with Crippen LogP contribution in [-0.2, 0) is 0 Å². The van der Waals surface area contributed by atoms with Gasteiger partial charge in [-0.1, -0.05) is 89.3 Å². The van der Waals surface area contributed by atoms with Crippen molar-refractivity contribution in [2.24, 2.45) is 0 Å². The van der Waals surface area contributed by atoms with Crippen LogP contribution in [0, 0.1) is 13.8 Å². The van der Waals surface area contributed by atoms with Crippen molar-refractivity contribution in [2.45, 2.75) is 100 Å². The third-order valence-electron chi connectivity index (χ3n) is 4.86. The SMILES string of the molecule is CC.CC/C=C(/Cl)c1cc(C(C)=O)cnc1C.CCCCC(F)CCC.COc1ccc(C)cc1. The largest absolute Gasteiger partial charge is 0.497 e. The number of allylic oxidation sites excluding steroid dienone is 1. The van der Waals surface area contributed by atoms with Crippen LogP contribution in [0.25, 0.3) is 5.03 Å². The minimum atomic E-state index is -0.532. The van der Waals surface area contributed by atoms with Crippen molar-refractivity contribution in [3.05, 3.63) is 65.0 Å². The molecule has 0 amide bonds. The summed E-state index contributed by atoms with van der Waals surface area (Å²) in [5.41, 5.74) is 3.54. The highest BCUT2D eigenvalue weighted by Gasteiger charge is 2.07. The van der Waals surface area contributed by atoms with Crippen LogP contribution in [0.3, 0.4) is 0 Å². The smallest absolute Gasteiger partial charge is 0.161 e. The maximum Gasteiger partial charge on any atom is 0.161 e. The lowest BCUT2D eigenvalue weighted by Crippen LogP contribution is -1.97. The Morgan fingerprint density at radius 3 is 2.14 bits per heavy atom. The van der Waals surface area contributed by atoms with E-state index in [4.69, 9.17) is 16.3 Å². The molecule has 2 aromatic rings. The van der Waals surface area contributed by atoms with Crippen molar-refractivity contribution in [1.82, 2.24) is 4.98 Å². The van der Waals surface area contributed by atoms with Gasteiger partial charge in [0.1, 0.15) is 11.9 Å². The number of ether oxygens (including phenoxy) is 1. The first-order valence-electron chi connectivity index (χ1n) is 12.8. The Bertz CT molecular complexity index is 835. The van der Waals surface area contributed by atoms with Gasteiger partial charge in [0, 0.05) is 28.0 Å². The van der Waals surface area contributed by atoms with Gasteiger partial charge in [-0.3, -0.25) is 9.78 Å². The first-order chi connectivity index (χ1) is 16.7. The number of methoxy groups -OCH3 is 1. The fourth-order valence-corrected chi connectivity index (χ4v) is 3.16. The van der Waals surface area contributed by atoms with E-state index in [-0.39, 0.29) is 5.78 Å². The molecule has 0 aliphatic heterocycles. The van der Waals surface area contributed by atoms with Gasteiger partial charge in [-0.05, 0) is 58.2 Å². The number of nitrogens with zero attached hydrogens (tertiary/aromatic N) is 1. The lowest BCUT2D eigenvalue weighted by atomic mass is 10.1. The Morgan fingerprint density at radius 1 is 1.09 bits per heavy atom. The average Bonchev–Trinajstić information content (AvgIpc) is 2.85. The van der Waals surface area contributed by atoms with E-state index >= 15 is 0 Å². The summed E-state index contributed by atoms with van der Waals surface area (Å²) in [6.07, 6.45) is 8.48. The minimum absolute atomic E-state index is 0.00437. The van der Waals surface area contributed by atoms with E-state index in [9.17, 15) is 9.18 Å². The van der Waals surface area contributed by atoms with Crippen LogP contribution >= 0.6 is 11.6 Å². The highest BCUT2D eigenvalue weighted by atomic mass is 35.5. The van der Waals surface area contributed by atoms with Gasteiger partial charge in [0.25, 0.3) is 0 Å². The van der Waals surface area contributed by atoms with Crippen molar-refractivity contribution in [1.29, 1.82) is 0 Å². The summed E-state index contributed by atoms with van der Waals surface area (Å²) in [5.74, 6) is 0.922. The monoisotopic (exact) mass is 507 g/mol. The van der Waals surface area contributed by atoms with Gasteiger partial charge >= 0.3 is 0 Å². The molecule has 1 unspecified atom stereocenters. The molecule has 0 aliphatic carbocycles. The summed E-state index contributed by atoms with van der Waals surface area (Å²) < 4.78 is 17.6. The van der Waals surface area contributed by atoms with Gasteiger partial charge < -0.3 is 4.74 Å². The third kappa shape index (κ3) is 17.0. The molecule has 0 radical (unpaired) electrons. The first kappa shape index (κ1) is 35.0. The second-order valence-corrected chi connectivity index (χ2v) is 8.33. The van der Waals surface area contributed by atoms with Crippen molar-refractivity contribution in [3.63, 3.8) is 0 Å². The standard InChI is InChI=1S/C12H14ClNO.C8H17F.C8H10O.C2H6/c1-4-5-12(13)11-6-10(9(3)15)7-14-8(11)2;1-3-5-7-8(9)6-4-2;1-7-3-5-8(9-2)6-4-7;1-2/h5-7H,4H2,1-3H3;8H,3-7H2,1-2H3;3-6H,1-2H3;1-2H3/b12-5+;;;. The van der Waals surface area contributed by atoms with Crippen molar-refractivity contribution in [3.8, 4) is 5.75 Å². The fraction of sp³-hybridized carbons (Fsp3) is 0.533. The Labute approximate surface area is 219 Å². The number of hydrogen-bond donors (Lipinski definition) is 0. The summed E-state index contributed by atoms with van der Waals surface area (Å²) in [7, 11) is 1.67. The van der Waals surface area contributed by atoms with Gasteiger partial charge in [0.15, 0.2) is 5.78 Å². The maximum atomic E-state index is 12.6. The lowest BCUT2D eigenvalue weighted by molar-refractivity contribution is 0.101. The molecular formula is C30H47ClFNO2. The molecule has 1 heterocycles. The number of aryl methyl sites for hydroxylation is 2. The molecule has 1 aromatic heterocycles. The summed E-state index contributed by atoms with van der Waals surface area (Å²) in [6.45, 7) is 15.6. The Hall–Kier alpha value is -2.20. The summed E-state index contributed by atoms with van der Waals surface area (Å²) in [6, 6.07) is 9.75. The molecule has 1 atom stereocenters. The Morgan fingerprint density at radius 2 is 1.69 bits per heavy atom. The van der Waals surface area contributed by atoms with E-state index in [2.05, 4.69) is 18.8 Å². The number of unbranched alkanes of at least 4 members (excludes halogenated alkanes) is 1. The number of Topliss-reactive ketones (excluding diaryl/α,β-unsaturated/α-hetero) is 1. The Balaban J connectivity index is 0. The molecule has 0 spiro atoms. The molecule has 0 aliphatic rings. The van der Waals surface area contributed by atoms with Crippen LogP contribution in [0.2, 0.25) is 0 Å². The van der Waals surface area contributed by atoms with Gasteiger partial charge in [0.05, 0.1) is 7.11 Å². The molecule has 35 heavy (non-hydrogen) atoms. The topological polar surface area (TPSA) is 39.2 Å². The molecule has 0 fully saturated rings. The van der Waals surface area contributed by atoms with Crippen LogP contribution in [0.1, 0.15) is 107 Å². The van der Waals surface area contributed by atoms with E-state index in [0.717, 1.165) is 55.5 Å². The zero-order chi connectivity index (χ0) is 27.2. The second kappa shape index (κ2) is 22.3. The zero-order valence-corrected chi connectivity index (χ0v) is 24.1. The second-order valence-electron chi connectivity index (χ2n) is 7.92. The number of carbonyl (C=O) groups excluding carboxylic acids is 1. The number of alkyl halides is 1.